The summed E-state index contributed by atoms with van der Waals surface area (Å²) < 4.78 is 1.93. The van der Waals surface area contributed by atoms with E-state index in [1.165, 1.54) is 11.8 Å². The molecule has 0 amide bonds. The predicted molar refractivity (Wildman–Crippen MR) is 78.9 cm³/mol. The number of allylic oxidation sites excluding steroid dienone is 1. The van der Waals surface area contributed by atoms with Crippen LogP contribution >= 0.6 is 0 Å². The second-order valence-electron chi connectivity index (χ2n) is 5.63. The molecule has 21 heavy (non-hydrogen) atoms. The van der Waals surface area contributed by atoms with Crippen LogP contribution in [0.15, 0.2) is 28.1 Å². The van der Waals surface area contributed by atoms with E-state index < -0.39 is 11.4 Å². The first kappa shape index (κ1) is 12.3. The summed E-state index contributed by atoms with van der Waals surface area (Å²) in [6, 6.07) is -0.0826. The van der Waals surface area contributed by atoms with Crippen LogP contribution in [0.2, 0.25) is 0 Å². The van der Waals surface area contributed by atoms with Gasteiger partial charge in [0.1, 0.15) is 5.56 Å². The number of fused-ring (bicyclic) bond motifs is 2. The smallest absolute Gasteiger partial charge is 0.341 e. The molecule has 1 N–H and O–H groups in total. The van der Waals surface area contributed by atoms with E-state index in [0.29, 0.717) is 5.22 Å². The third-order valence-electron chi connectivity index (χ3n) is 4.47. The summed E-state index contributed by atoms with van der Waals surface area (Å²) in [7, 11) is 0. The zero-order valence-corrected chi connectivity index (χ0v) is 11.3. The first-order valence-electron chi connectivity index (χ1n) is 7.08. The van der Waals surface area contributed by atoms with Gasteiger partial charge in [0.25, 0.3) is 0 Å². The molecule has 0 radical (unpaired) electrons. The van der Waals surface area contributed by atoms with Gasteiger partial charge >= 0.3 is 5.97 Å². The molecule has 4 rings (SSSR count). The molecular weight excluding hydrogens is 268 g/mol. The largest absolute Gasteiger partial charge is 0.477 e. The molecule has 3 heterocycles. The van der Waals surface area contributed by atoms with Crippen LogP contribution in [0.3, 0.4) is 0 Å². The maximum Gasteiger partial charge on any atom is 0.341 e. The van der Waals surface area contributed by atoms with Crippen LogP contribution in [0.4, 0.5) is 0 Å². The topological polar surface area (TPSA) is 71.7 Å². The van der Waals surface area contributed by atoms with E-state index in [9.17, 15) is 14.7 Å². The number of dihydropyridines is 1. The number of carbonyl (C=O) groups is 1. The van der Waals surface area contributed by atoms with Gasteiger partial charge in [-0.05, 0) is 30.6 Å². The van der Waals surface area contributed by atoms with Gasteiger partial charge < -0.3 is 9.67 Å². The number of aliphatic imine (C=N–C) groups is 1. The molecule has 5 nitrogen and oxygen atoms in total. The number of aromatic carboxylic acids is 1. The first-order chi connectivity index (χ1) is 10.2. The van der Waals surface area contributed by atoms with Gasteiger partial charge in [-0.25, -0.2) is 4.79 Å². The highest BCUT2D eigenvalue weighted by Crippen LogP contribution is 2.29. The lowest BCUT2D eigenvalue weighted by Gasteiger charge is -2.31. The van der Waals surface area contributed by atoms with Crippen molar-refractivity contribution in [3.05, 3.63) is 44.7 Å². The van der Waals surface area contributed by atoms with E-state index in [4.69, 9.17) is 0 Å². The van der Waals surface area contributed by atoms with Crippen molar-refractivity contribution in [3.8, 4) is 0 Å². The molecule has 3 aliphatic rings. The Morgan fingerprint density at radius 1 is 1.43 bits per heavy atom. The van der Waals surface area contributed by atoms with Crippen LogP contribution in [0.1, 0.15) is 23.2 Å². The fourth-order valence-electron chi connectivity index (χ4n) is 3.57. The number of rotatable bonds is 1. The summed E-state index contributed by atoms with van der Waals surface area (Å²) in [5.74, 6) is -0.967. The fraction of sp³-hybridized carbons (Fsp3) is 0.312. The van der Waals surface area contributed by atoms with Crippen molar-refractivity contribution < 1.29 is 9.90 Å². The van der Waals surface area contributed by atoms with Crippen molar-refractivity contribution >= 4 is 23.8 Å². The highest BCUT2D eigenvalue weighted by atomic mass is 16.4. The molecule has 0 fully saturated rings. The average Bonchev–Trinajstić information content (AvgIpc) is 2.50. The van der Waals surface area contributed by atoms with Crippen molar-refractivity contribution in [1.82, 2.24) is 4.57 Å². The van der Waals surface area contributed by atoms with Gasteiger partial charge in [0.05, 0.1) is 11.4 Å². The van der Waals surface area contributed by atoms with Crippen molar-refractivity contribution in [2.75, 3.05) is 0 Å². The number of hydrogen-bond acceptors (Lipinski definition) is 3. The predicted octanol–water partition coefficient (Wildman–Crippen LogP) is -0.0895. The van der Waals surface area contributed by atoms with Crippen LogP contribution in [-0.2, 0) is 6.54 Å². The Hall–Kier alpha value is -2.43. The van der Waals surface area contributed by atoms with E-state index in [-0.39, 0.29) is 17.5 Å². The zero-order valence-electron chi connectivity index (χ0n) is 11.3. The minimum atomic E-state index is -1.17. The van der Waals surface area contributed by atoms with Gasteiger partial charge in [0.15, 0.2) is 0 Å². The van der Waals surface area contributed by atoms with Crippen molar-refractivity contribution in [1.29, 1.82) is 0 Å². The second kappa shape index (κ2) is 4.28. The SMILES string of the molecule is O=C(O)c1cn2c3c(c1=O)=CC1N=CC=CC1C=3CCC2. The van der Waals surface area contributed by atoms with Gasteiger partial charge in [-0.2, -0.15) is 0 Å². The Bertz CT molecular complexity index is 889. The molecule has 0 saturated carbocycles. The van der Waals surface area contributed by atoms with E-state index in [2.05, 4.69) is 11.1 Å². The highest BCUT2D eigenvalue weighted by molar-refractivity contribution is 5.87. The maximum absolute atomic E-state index is 12.5. The molecule has 106 valence electrons. The van der Waals surface area contributed by atoms with Gasteiger partial charge in [0, 0.05) is 30.1 Å². The third-order valence-corrected chi connectivity index (χ3v) is 4.47. The monoisotopic (exact) mass is 282 g/mol. The molecule has 0 spiro atoms. The van der Waals surface area contributed by atoms with Crippen molar-refractivity contribution in [2.24, 2.45) is 10.9 Å². The Morgan fingerprint density at radius 3 is 3.10 bits per heavy atom. The van der Waals surface area contributed by atoms with Gasteiger partial charge in [-0.15, -0.1) is 0 Å². The number of hydrogen-bond donors (Lipinski definition) is 1. The highest BCUT2D eigenvalue weighted by Gasteiger charge is 2.29. The van der Waals surface area contributed by atoms with Crippen molar-refractivity contribution in [3.63, 3.8) is 0 Å². The quantitative estimate of drug-likeness (QED) is 0.782. The molecule has 5 heteroatoms. The molecule has 2 aliphatic heterocycles. The standard InChI is InChI=1S/C16H14N2O3/c19-15-11-7-13-9(3-1-5-17-13)10-4-2-6-18(14(10)11)8-12(15)16(20)21/h1,3,5,7-9,13H,2,4,6H2,(H,20,21). The molecular formula is C16H14N2O3. The summed E-state index contributed by atoms with van der Waals surface area (Å²) in [5.41, 5.74) is 0.669. The van der Waals surface area contributed by atoms with Crippen LogP contribution < -0.4 is 16.0 Å². The Kier molecular flexibility index (Phi) is 2.51. The Balaban J connectivity index is 2.16. The van der Waals surface area contributed by atoms with Gasteiger partial charge in [-0.1, -0.05) is 6.08 Å². The number of pyridine rings is 1. The summed E-state index contributed by atoms with van der Waals surface area (Å²) in [5, 5.41) is 10.7. The van der Waals surface area contributed by atoms with Crippen LogP contribution in [0.25, 0.3) is 11.6 Å². The van der Waals surface area contributed by atoms with E-state index in [1.54, 1.807) is 6.21 Å². The van der Waals surface area contributed by atoms with Crippen LogP contribution in [0, 0.1) is 5.92 Å². The second-order valence-corrected chi connectivity index (χ2v) is 5.63. The lowest BCUT2D eigenvalue weighted by atomic mass is 9.81. The van der Waals surface area contributed by atoms with Gasteiger partial charge in [0.2, 0.25) is 5.43 Å². The molecule has 0 aromatic carbocycles. The van der Waals surface area contributed by atoms with E-state index >= 15 is 0 Å². The summed E-state index contributed by atoms with van der Waals surface area (Å²) >= 11 is 0. The minimum absolute atomic E-state index is 0.0826. The lowest BCUT2D eigenvalue weighted by molar-refractivity contribution is 0.0694. The van der Waals surface area contributed by atoms with Crippen LogP contribution in [0.5, 0.6) is 0 Å². The minimum Gasteiger partial charge on any atom is -0.477 e. The van der Waals surface area contributed by atoms with E-state index in [0.717, 1.165) is 24.7 Å². The zero-order chi connectivity index (χ0) is 14.6. The summed E-state index contributed by atoms with van der Waals surface area (Å²) in [6.45, 7) is 0.755. The number of carboxylic acids is 1. The number of nitrogens with zero attached hydrogens (tertiary/aromatic N) is 2. The first-order valence-corrected chi connectivity index (χ1v) is 7.08. The third kappa shape index (κ3) is 1.67. The Labute approximate surface area is 120 Å². The van der Waals surface area contributed by atoms with Crippen molar-refractivity contribution in [2.45, 2.75) is 25.4 Å². The average molecular weight is 282 g/mol. The lowest BCUT2D eigenvalue weighted by Crippen LogP contribution is -2.54. The molecule has 2 atom stereocenters. The van der Waals surface area contributed by atoms with Gasteiger partial charge in [-0.3, -0.25) is 9.79 Å². The maximum atomic E-state index is 12.5. The number of aromatic nitrogens is 1. The molecule has 1 aromatic rings. The number of aryl methyl sites for hydroxylation is 1. The fourth-order valence-corrected chi connectivity index (χ4v) is 3.57. The number of carboxylic acid groups (broad SMARTS) is 1. The summed E-state index contributed by atoms with van der Waals surface area (Å²) in [4.78, 5) is 28.2. The summed E-state index contributed by atoms with van der Waals surface area (Å²) in [6.07, 6.45) is 11.0. The molecule has 0 bridgehead atoms. The normalized spacial score (nSPS) is 25.0. The molecule has 1 aliphatic carbocycles. The molecule has 1 aromatic heterocycles. The van der Waals surface area contributed by atoms with E-state index in [1.807, 2.05) is 16.7 Å². The molecule has 0 saturated heterocycles. The Morgan fingerprint density at radius 2 is 2.29 bits per heavy atom. The molecule has 2 unspecified atom stereocenters. The van der Waals surface area contributed by atoms with Crippen LogP contribution in [-0.4, -0.2) is 27.9 Å².